The van der Waals surface area contributed by atoms with Crippen LogP contribution in [0.4, 0.5) is 17.6 Å². The average Bonchev–Trinajstić information content (AvgIpc) is 3.20. The van der Waals surface area contributed by atoms with E-state index in [0.717, 1.165) is 48.9 Å². The highest BCUT2D eigenvalue weighted by atomic mass is 15.4. The predicted molar refractivity (Wildman–Crippen MR) is 169 cm³/mol. The Morgan fingerprint density at radius 2 is 1.40 bits per heavy atom. The summed E-state index contributed by atoms with van der Waals surface area (Å²) >= 11 is 0. The van der Waals surface area contributed by atoms with Crippen molar-refractivity contribution in [3.8, 4) is 17.1 Å². The van der Waals surface area contributed by atoms with Crippen molar-refractivity contribution in [3.05, 3.63) is 70.8 Å². The first kappa shape index (κ1) is 27.1. The van der Waals surface area contributed by atoms with E-state index in [1.807, 2.05) is 0 Å². The first-order chi connectivity index (χ1) is 20.7. The molecule has 2 aromatic heterocycles. The Morgan fingerprint density at radius 1 is 0.667 bits per heavy atom. The minimum atomic E-state index is 0.299. The molecule has 0 spiro atoms. The molecule has 2 aromatic carbocycles. The molecule has 0 amide bonds. The Morgan fingerprint density at radius 3 is 2.26 bits per heavy atom. The van der Waals surface area contributed by atoms with Gasteiger partial charge in [-0.2, -0.15) is 9.67 Å². The minimum absolute atomic E-state index is 0.299. The van der Waals surface area contributed by atoms with Crippen molar-refractivity contribution in [2.24, 2.45) is 11.8 Å². The molecule has 1 fully saturated rings. The molecule has 4 aromatic rings. The normalized spacial score (nSPS) is 19.7. The molecule has 3 aliphatic rings. The van der Waals surface area contributed by atoms with E-state index in [2.05, 4.69) is 74.1 Å². The van der Waals surface area contributed by atoms with Crippen LogP contribution in [0.3, 0.4) is 0 Å². The Hall–Kier alpha value is -3.74. The summed E-state index contributed by atoms with van der Waals surface area (Å²) in [5.74, 6) is 3.15. The van der Waals surface area contributed by atoms with Crippen LogP contribution in [-0.2, 0) is 25.7 Å². The van der Waals surface area contributed by atoms with E-state index in [1.54, 1.807) is 4.68 Å². The van der Waals surface area contributed by atoms with Crippen LogP contribution in [0.2, 0.25) is 0 Å². The Labute approximate surface area is 249 Å². The number of fused-ring (bicyclic) bond motifs is 4. The molecule has 1 atom stereocenters. The van der Waals surface area contributed by atoms with Gasteiger partial charge in [0.05, 0.1) is 5.69 Å². The lowest BCUT2D eigenvalue weighted by Crippen LogP contribution is -2.15. The lowest BCUT2D eigenvalue weighted by atomic mass is 9.80. The molecule has 0 aliphatic heterocycles. The number of hydrogen-bond acceptors (Lipinski definition) is 6. The first-order valence-electron chi connectivity index (χ1n) is 16.3. The highest BCUT2D eigenvalue weighted by molar-refractivity contribution is 5.68. The molecule has 3 aliphatic carbocycles. The summed E-state index contributed by atoms with van der Waals surface area (Å²) in [4.78, 5) is 4.53. The van der Waals surface area contributed by atoms with Crippen molar-refractivity contribution in [1.29, 1.82) is 0 Å². The third kappa shape index (κ3) is 5.79. The third-order valence-electron chi connectivity index (χ3n) is 9.97. The average molecular weight is 562 g/mol. The summed E-state index contributed by atoms with van der Waals surface area (Å²) in [7, 11) is 0. The quantitative estimate of drug-likeness (QED) is 0.247. The topological polar surface area (TPSA) is 94.5 Å². The van der Waals surface area contributed by atoms with E-state index in [4.69, 9.17) is 5.73 Å². The Bertz CT molecular complexity index is 1530. The third-order valence-corrected chi connectivity index (χ3v) is 9.97. The van der Waals surface area contributed by atoms with Gasteiger partial charge in [0.25, 0.3) is 0 Å². The smallest absolute Gasteiger partial charge is 0.248 e. The van der Waals surface area contributed by atoms with Gasteiger partial charge in [-0.05, 0) is 97.2 Å². The van der Waals surface area contributed by atoms with Crippen LogP contribution in [0.1, 0.15) is 92.9 Å². The second-order valence-electron chi connectivity index (χ2n) is 12.7. The number of benzene rings is 2. The maximum absolute atomic E-state index is 6.34. The Balaban J connectivity index is 1.06. The summed E-state index contributed by atoms with van der Waals surface area (Å²) in [6.07, 6.45) is 19.5. The molecule has 0 bridgehead atoms. The van der Waals surface area contributed by atoms with Gasteiger partial charge in [-0.3, -0.25) is 0 Å². The number of aryl methyl sites for hydroxylation is 4. The van der Waals surface area contributed by atoms with Gasteiger partial charge in [-0.15, -0.1) is 15.3 Å². The summed E-state index contributed by atoms with van der Waals surface area (Å²) in [6, 6.07) is 17.3. The predicted octanol–water partition coefficient (Wildman–Crippen LogP) is 7.78. The van der Waals surface area contributed by atoms with Crippen LogP contribution < -0.4 is 11.1 Å². The molecule has 3 N–H and O–H groups in total. The van der Waals surface area contributed by atoms with Crippen molar-refractivity contribution < 1.29 is 0 Å². The SMILES string of the molecule is Nc1nc(Nc2ccc3c(c2)CCC(C2CCCCCCCC2)CC3)nn1-c1cc2c(nn1)-c1ccccc1CCC2. The van der Waals surface area contributed by atoms with Crippen LogP contribution >= 0.6 is 0 Å². The first-order valence-corrected chi connectivity index (χ1v) is 16.3. The van der Waals surface area contributed by atoms with Crippen LogP contribution in [0.15, 0.2) is 48.5 Å². The van der Waals surface area contributed by atoms with Gasteiger partial charge < -0.3 is 11.1 Å². The van der Waals surface area contributed by atoms with Gasteiger partial charge in [-0.1, -0.05) is 81.7 Å². The van der Waals surface area contributed by atoms with Crippen molar-refractivity contribution in [3.63, 3.8) is 0 Å². The molecular weight excluding hydrogens is 518 g/mol. The van der Waals surface area contributed by atoms with Crippen LogP contribution in [-0.4, -0.2) is 25.0 Å². The highest BCUT2D eigenvalue weighted by Gasteiger charge is 2.25. The number of nitrogens with zero attached hydrogens (tertiary/aromatic N) is 5. The largest absolute Gasteiger partial charge is 0.368 e. The van der Waals surface area contributed by atoms with Crippen LogP contribution in [0.25, 0.3) is 17.1 Å². The fraction of sp³-hybridized carbons (Fsp3) is 0.486. The molecule has 1 saturated carbocycles. The molecule has 7 rings (SSSR count). The molecule has 7 heteroatoms. The van der Waals surface area contributed by atoms with Gasteiger partial charge in [0.1, 0.15) is 0 Å². The summed E-state index contributed by atoms with van der Waals surface area (Å²) < 4.78 is 1.59. The van der Waals surface area contributed by atoms with E-state index in [1.165, 1.54) is 98.4 Å². The molecular formula is C35H43N7. The number of rotatable bonds is 4. The minimum Gasteiger partial charge on any atom is -0.368 e. The van der Waals surface area contributed by atoms with E-state index >= 15 is 0 Å². The number of aromatic nitrogens is 5. The van der Waals surface area contributed by atoms with Crippen LogP contribution in [0.5, 0.6) is 0 Å². The summed E-state index contributed by atoms with van der Waals surface area (Å²) in [6.45, 7) is 0. The van der Waals surface area contributed by atoms with Crippen molar-refractivity contribution in [2.45, 2.75) is 96.3 Å². The van der Waals surface area contributed by atoms with Crippen molar-refractivity contribution >= 4 is 17.6 Å². The van der Waals surface area contributed by atoms with E-state index in [-0.39, 0.29) is 0 Å². The molecule has 2 heterocycles. The van der Waals surface area contributed by atoms with Gasteiger partial charge in [0, 0.05) is 11.3 Å². The fourth-order valence-electron chi connectivity index (χ4n) is 7.67. The van der Waals surface area contributed by atoms with Crippen molar-refractivity contribution in [1.82, 2.24) is 25.0 Å². The fourth-order valence-corrected chi connectivity index (χ4v) is 7.67. The van der Waals surface area contributed by atoms with Crippen LogP contribution in [0, 0.1) is 11.8 Å². The van der Waals surface area contributed by atoms with Crippen molar-refractivity contribution in [2.75, 3.05) is 11.1 Å². The number of nitrogen functional groups attached to an aromatic ring is 1. The summed E-state index contributed by atoms with van der Waals surface area (Å²) in [5, 5.41) is 17.2. The molecule has 42 heavy (non-hydrogen) atoms. The maximum Gasteiger partial charge on any atom is 0.248 e. The zero-order valence-corrected chi connectivity index (χ0v) is 24.7. The number of hydrogen-bond donors (Lipinski definition) is 2. The van der Waals surface area contributed by atoms with Gasteiger partial charge >= 0.3 is 0 Å². The second-order valence-corrected chi connectivity index (χ2v) is 12.7. The van der Waals surface area contributed by atoms with Gasteiger partial charge in [0.15, 0.2) is 5.82 Å². The standard InChI is InChI=1S/C35H43N7/c36-34-38-35(41-42(34)32-23-29-14-9-13-27-12-7-8-15-31(27)33(29)40-39-32)37-30-21-20-26-17-16-25(18-19-28(26)22-30)24-10-5-3-1-2-4-6-11-24/h7-8,12,15,20-25H,1-6,9-11,13-14,16-19H2,(H3,36,37,38,41). The number of nitrogens with two attached hydrogens (primary N) is 1. The Kier molecular flexibility index (Phi) is 7.90. The van der Waals surface area contributed by atoms with E-state index < -0.39 is 0 Å². The summed E-state index contributed by atoms with van der Waals surface area (Å²) in [5.41, 5.74) is 15.0. The second kappa shape index (κ2) is 12.2. The molecule has 1 unspecified atom stereocenters. The highest BCUT2D eigenvalue weighted by Crippen LogP contribution is 2.37. The molecule has 7 nitrogen and oxygen atoms in total. The van der Waals surface area contributed by atoms with Gasteiger partial charge in [0.2, 0.25) is 11.9 Å². The number of anilines is 3. The van der Waals surface area contributed by atoms with E-state index in [9.17, 15) is 0 Å². The number of nitrogens with one attached hydrogen (secondary N) is 1. The zero-order valence-electron chi connectivity index (χ0n) is 24.7. The van der Waals surface area contributed by atoms with Gasteiger partial charge in [-0.25, -0.2) is 0 Å². The molecule has 0 radical (unpaired) electrons. The lowest BCUT2D eigenvalue weighted by Gasteiger charge is -2.26. The zero-order chi connectivity index (χ0) is 28.3. The monoisotopic (exact) mass is 561 g/mol. The molecule has 218 valence electrons. The lowest BCUT2D eigenvalue weighted by molar-refractivity contribution is 0.259. The maximum atomic E-state index is 6.34. The molecule has 0 saturated heterocycles. The van der Waals surface area contributed by atoms with E-state index in [0.29, 0.717) is 17.7 Å².